The lowest BCUT2D eigenvalue weighted by Gasteiger charge is -2.36. The smallest absolute Gasteiger partial charge is 0.253 e. The van der Waals surface area contributed by atoms with E-state index in [9.17, 15) is 9.59 Å². The summed E-state index contributed by atoms with van der Waals surface area (Å²) in [5.41, 5.74) is 1.41. The number of hydrogen-bond acceptors (Lipinski definition) is 6. The molecule has 2 aromatic rings. The molecule has 6 nitrogen and oxygen atoms in total. The van der Waals surface area contributed by atoms with Gasteiger partial charge in [0.05, 0.1) is 6.07 Å². The standard InChI is InChI=1S/C19H22N4O2/c20-8-4-10-22-11-13-23(14-12-22)17-16(18(24)19(17)25)21-9-7-15-5-2-1-3-6-15/h1-3,5-6,21H,4,7,9-14H2. The van der Waals surface area contributed by atoms with Crippen LogP contribution >= 0.6 is 0 Å². The summed E-state index contributed by atoms with van der Waals surface area (Å²) in [5.74, 6) is 0. The minimum absolute atomic E-state index is 0.382. The van der Waals surface area contributed by atoms with E-state index in [2.05, 4.69) is 16.3 Å². The zero-order valence-electron chi connectivity index (χ0n) is 14.2. The van der Waals surface area contributed by atoms with Crippen molar-refractivity contribution >= 4 is 11.4 Å². The molecule has 0 radical (unpaired) electrons. The van der Waals surface area contributed by atoms with Crippen molar-refractivity contribution < 1.29 is 0 Å². The average Bonchev–Trinajstić information content (AvgIpc) is 2.67. The van der Waals surface area contributed by atoms with Gasteiger partial charge in [0.15, 0.2) is 0 Å². The summed E-state index contributed by atoms with van der Waals surface area (Å²) in [5, 5.41) is 11.8. The van der Waals surface area contributed by atoms with Crippen molar-refractivity contribution in [1.29, 1.82) is 5.26 Å². The van der Waals surface area contributed by atoms with Crippen LogP contribution in [-0.4, -0.2) is 44.2 Å². The van der Waals surface area contributed by atoms with Gasteiger partial charge < -0.3 is 10.2 Å². The molecule has 1 N–H and O–H groups in total. The van der Waals surface area contributed by atoms with Gasteiger partial charge in [-0.15, -0.1) is 0 Å². The number of anilines is 2. The second kappa shape index (κ2) is 7.95. The molecule has 1 fully saturated rings. The summed E-state index contributed by atoms with van der Waals surface area (Å²) in [4.78, 5) is 28.1. The number of benzene rings is 1. The fourth-order valence-electron chi connectivity index (χ4n) is 3.23. The van der Waals surface area contributed by atoms with Crippen LogP contribution in [0.4, 0.5) is 11.4 Å². The van der Waals surface area contributed by atoms with Gasteiger partial charge in [-0.1, -0.05) is 30.3 Å². The highest BCUT2D eigenvalue weighted by molar-refractivity contribution is 5.75. The molecule has 6 heteroatoms. The van der Waals surface area contributed by atoms with Crippen molar-refractivity contribution in [1.82, 2.24) is 4.90 Å². The lowest BCUT2D eigenvalue weighted by atomic mass is 10.1. The Labute approximate surface area is 147 Å². The number of hydrogen-bond donors (Lipinski definition) is 1. The third-order valence-corrected chi connectivity index (χ3v) is 4.67. The van der Waals surface area contributed by atoms with Crippen molar-refractivity contribution in [3.8, 4) is 6.07 Å². The van der Waals surface area contributed by atoms with E-state index in [0.717, 1.165) is 26.1 Å². The maximum atomic E-state index is 12.0. The normalized spacial score (nSPS) is 15.2. The molecule has 0 atom stereocenters. The van der Waals surface area contributed by atoms with Crippen LogP contribution in [0.25, 0.3) is 0 Å². The van der Waals surface area contributed by atoms with Gasteiger partial charge in [0, 0.05) is 45.7 Å². The first-order valence-electron chi connectivity index (χ1n) is 8.66. The molecule has 0 amide bonds. The van der Waals surface area contributed by atoms with Crippen LogP contribution in [0.15, 0.2) is 39.9 Å². The lowest BCUT2D eigenvalue weighted by Crippen LogP contribution is -2.51. The van der Waals surface area contributed by atoms with Crippen LogP contribution in [0.2, 0.25) is 0 Å². The quantitative estimate of drug-likeness (QED) is 0.758. The van der Waals surface area contributed by atoms with Gasteiger partial charge >= 0.3 is 0 Å². The molecule has 1 aliphatic heterocycles. The van der Waals surface area contributed by atoms with Gasteiger partial charge in [-0.05, 0) is 12.0 Å². The summed E-state index contributed by atoms with van der Waals surface area (Å²) in [6, 6.07) is 12.2. The molecule has 0 unspecified atom stereocenters. The van der Waals surface area contributed by atoms with E-state index >= 15 is 0 Å². The van der Waals surface area contributed by atoms with Crippen LogP contribution in [0.3, 0.4) is 0 Å². The fraction of sp³-hybridized carbons (Fsp3) is 0.421. The van der Waals surface area contributed by atoms with Crippen molar-refractivity contribution in [2.45, 2.75) is 12.8 Å². The zero-order valence-corrected chi connectivity index (χ0v) is 14.2. The number of rotatable bonds is 7. The Morgan fingerprint density at radius 2 is 1.76 bits per heavy atom. The lowest BCUT2D eigenvalue weighted by molar-refractivity contribution is 0.263. The molecule has 3 rings (SSSR count). The van der Waals surface area contributed by atoms with Gasteiger partial charge in [-0.25, -0.2) is 0 Å². The van der Waals surface area contributed by atoms with Gasteiger partial charge in [0.25, 0.3) is 10.9 Å². The Morgan fingerprint density at radius 3 is 2.44 bits per heavy atom. The largest absolute Gasteiger partial charge is 0.380 e. The average molecular weight is 338 g/mol. The predicted molar refractivity (Wildman–Crippen MR) is 98.9 cm³/mol. The fourth-order valence-corrected chi connectivity index (χ4v) is 3.23. The molecule has 2 aromatic carbocycles. The summed E-state index contributed by atoms with van der Waals surface area (Å²) in [6.07, 6.45) is 1.33. The summed E-state index contributed by atoms with van der Waals surface area (Å²) >= 11 is 0. The van der Waals surface area contributed by atoms with Gasteiger partial charge in [0.1, 0.15) is 11.4 Å². The Bertz CT molecular complexity index is 810. The van der Waals surface area contributed by atoms with Crippen LogP contribution in [-0.2, 0) is 6.42 Å². The van der Waals surface area contributed by atoms with E-state index in [1.165, 1.54) is 5.56 Å². The maximum Gasteiger partial charge on any atom is 0.253 e. The maximum absolute atomic E-state index is 12.0. The molecule has 0 saturated carbocycles. The minimum atomic E-state index is -0.407. The van der Waals surface area contributed by atoms with E-state index in [0.29, 0.717) is 37.4 Å². The topological polar surface area (TPSA) is 76.4 Å². The van der Waals surface area contributed by atoms with E-state index in [1.54, 1.807) is 0 Å². The van der Waals surface area contributed by atoms with Crippen LogP contribution < -0.4 is 21.1 Å². The molecular weight excluding hydrogens is 316 g/mol. The van der Waals surface area contributed by atoms with Crippen molar-refractivity contribution in [3.05, 3.63) is 56.3 Å². The zero-order chi connectivity index (χ0) is 17.6. The number of piperazine rings is 1. The second-order valence-corrected chi connectivity index (χ2v) is 6.28. The van der Waals surface area contributed by atoms with Crippen LogP contribution in [0.1, 0.15) is 12.0 Å². The highest BCUT2D eigenvalue weighted by atomic mass is 16.2. The molecule has 25 heavy (non-hydrogen) atoms. The van der Waals surface area contributed by atoms with E-state index in [1.807, 2.05) is 35.2 Å². The number of nitrogens with zero attached hydrogens (tertiary/aromatic N) is 3. The van der Waals surface area contributed by atoms with E-state index in [4.69, 9.17) is 5.26 Å². The molecule has 130 valence electrons. The summed E-state index contributed by atoms with van der Waals surface area (Å²) < 4.78 is 0. The summed E-state index contributed by atoms with van der Waals surface area (Å²) in [6.45, 7) is 4.43. The van der Waals surface area contributed by atoms with E-state index < -0.39 is 5.43 Å². The molecule has 1 heterocycles. The van der Waals surface area contributed by atoms with Gasteiger partial charge in [-0.3, -0.25) is 14.5 Å². The van der Waals surface area contributed by atoms with Crippen molar-refractivity contribution in [3.63, 3.8) is 0 Å². The Balaban J connectivity index is 1.57. The monoisotopic (exact) mass is 338 g/mol. The second-order valence-electron chi connectivity index (χ2n) is 6.28. The third-order valence-electron chi connectivity index (χ3n) is 4.67. The van der Waals surface area contributed by atoms with Gasteiger partial charge in [-0.2, -0.15) is 5.26 Å². The van der Waals surface area contributed by atoms with E-state index in [-0.39, 0.29) is 5.43 Å². The number of nitrogens with one attached hydrogen (secondary N) is 1. The molecular formula is C19H22N4O2. The third kappa shape index (κ3) is 3.89. The molecule has 0 spiro atoms. The minimum Gasteiger partial charge on any atom is -0.380 e. The Hall–Kier alpha value is -2.65. The van der Waals surface area contributed by atoms with Crippen LogP contribution in [0.5, 0.6) is 0 Å². The SMILES string of the molecule is N#CCCN1CCN(c2c(NCCc3ccccc3)c(=O)c2=O)CC1. The predicted octanol–water partition coefficient (Wildman–Crippen LogP) is 0.973. The first-order chi connectivity index (χ1) is 12.2. The number of nitriles is 1. The molecule has 0 bridgehead atoms. The highest BCUT2D eigenvalue weighted by Crippen LogP contribution is 2.21. The van der Waals surface area contributed by atoms with Crippen molar-refractivity contribution in [2.75, 3.05) is 49.5 Å². The van der Waals surface area contributed by atoms with Gasteiger partial charge in [0.2, 0.25) is 0 Å². The Morgan fingerprint density at radius 1 is 1.04 bits per heavy atom. The molecule has 1 saturated heterocycles. The first kappa shape index (κ1) is 17.2. The molecule has 0 aromatic heterocycles. The molecule has 1 aliphatic rings. The van der Waals surface area contributed by atoms with Crippen molar-refractivity contribution in [2.24, 2.45) is 0 Å². The first-order valence-corrected chi connectivity index (χ1v) is 8.66. The Kier molecular flexibility index (Phi) is 5.46. The highest BCUT2D eigenvalue weighted by Gasteiger charge is 2.28. The van der Waals surface area contributed by atoms with Crippen LogP contribution in [0, 0.1) is 11.3 Å². The molecule has 0 aliphatic carbocycles. The summed E-state index contributed by atoms with van der Waals surface area (Å²) in [7, 11) is 0.